The molecule has 6 nitrogen and oxygen atoms in total. The highest BCUT2D eigenvalue weighted by Crippen LogP contribution is 2.39. The van der Waals surface area contributed by atoms with Crippen LogP contribution in [0.5, 0.6) is 17.2 Å². The van der Waals surface area contributed by atoms with Crippen molar-refractivity contribution in [3.8, 4) is 17.2 Å². The molecule has 1 aliphatic rings. The molecule has 1 aromatic heterocycles. The van der Waals surface area contributed by atoms with Gasteiger partial charge in [-0.1, -0.05) is 18.2 Å². The molecular formula is C24H28N2O4. The molecule has 0 bridgehead atoms. The SMILES string of the molecule is COc1cc(C(=O)N2CCC(c3c(C)[nH]c4ccccc34)CC2)cc(OC)c1OC. The molecule has 2 aromatic carbocycles. The third-order valence-corrected chi connectivity index (χ3v) is 6.05. The number of likely N-dealkylation sites (tertiary alicyclic amines) is 1. The number of carbonyl (C=O) groups is 1. The standard InChI is InChI=1S/C24H28N2O4/c1-15-22(18-7-5-6-8-19(18)25-15)16-9-11-26(12-10-16)24(27)17-13-20(28-2)23(30-4)21(14-17)29-3/h5-8,13-14,16,25H,9-12H2,1-4H3. The van der Waals surface area contributed by atoms with E-state index < -0.39 is 0 Å². The Hall–Kier alpha value is -3.15. The van der Waals surface area contributed by atoms with Crippen LogP contribution in [0.2, 0.25) is 0 Å². The number of methoxy groups -OCH3 is 3. The number of ether oxygens (including phenoxy) is 3. The Kier molecular flexibility index (Phi) is 5.57. The number of hydrogen-bond acceptors (Lipinski definition) is 4. The zero-order chi connectivity index (χ0) is 21.3. The van der Waals surface area contributed by atoms with Gasteiger partial charge in [-0.3, -0.25) is 4.79 Å². The van der Waals surface area contributed by atoms with Gasteiger partial charge in [0.25, 0.3) is 5.91 Å². The van der Waals surface area contributed by atoms with Crippen molar-refractivity contribution in [2.75, 3.05) is 34.4 Å². The van der Waals surface area contributed by atoms with E-state index in [1.165, 1.54) is 22.2 Å². The first-order valence-electron chi connectivity index (χ1n) is 10.2. The van der Waals surface area contributed by atoms with E-state index in [2.05, 4.69) is 36.2 Å². The van der Waals surface area contributed by atoms with Crippen LogP contribution in [-0.2, 0) is 0 Å². The lowest BCUT2D eigenvalue weighted by molar-refractivity contribution is 0.0712. The number of nitrogens with one attached hydrogen (secondary N) is 1. The maximum atomic E-state index is 13.2. The summed E-state index contributed by atoms with van der Waals surface area (Å²) in [4.78, 5) is 18.6. The highest BCUT2D eigenvalue weighted by molar-refractivity contribution is 5.96. The number of aromatic amines is 1. The lowest BCUT2D eigenvalue weighted by Crippen LogP contribution is -2.38. The number of benzene rings is 2. The summed E-state index contributed by atoms with van der Waals surface area (Å²) in [6.07, 6.45) is 1.89. The molecule has 4 rings (SSSR count). The number of piperidine rings is 1. The van der Waals surface area contributed by atoms with Gasteiger partial charge in [-0.25, -0.2) is 0 Å². The topological polar surface area (TPSA) is 63.8 Å². The summed E-state index contributed by atoms with van der Waals surface area (Å²) >= 11 is 0. The minimum Gasteiger partial charge on any atom is -0.493 e. The normalized spacial score (nSPS) is 14.7. The largest absolute Gasteiger partial charge is 0.493 e. The molecule has 1 fully saturated rings. The molecule has 0 atom stereocenters. The second-order valence-electron chi connectivity index (χ2n) is 7.69. The van der Waals surface area contributed by atoms with Crippen molar-refractivity contribution >= 4 is 16.8 Å². The molecule has 1 N–H and O–H groups in total. The van der Waals surface area contributed by atoms with Gasteiger partial charge in [0.1, 0.15) is 0 Å². The molecule has 1 saturated heterocycles. The van der Waals surface area contributed by atoms with E-state index >= 15 is 0 Å². The van der Waals surface area contributed by atoms with Crippen molar-refractivity contribution in [3.05, 3.63) is 53.2 Å². The first kappa shape index (κ1) is 20.1. The lowest BCUT2D eigenvalue weighted by atomic mass is 9.87. The van der Waals surface area contributed by atoms with Crippen LogP contribution in [0.4, 0.5) is 0 Å². The lowest BCUT2D eigenvalue weighted by Gasteiger charge is -2.32. The van der Waals surface area contributed by atoms with Crippen LogP contribution >= 0.6 is 0 Å². The van der Waals surface area contributed by atoms with E-state index in [1.54, 1.807) is 33.5 Å². The maximum absolute atomic E-state index is 13.2. The Morgan fingerprint density at radius 2 is 1.63 bits per heavy atom. The quantitative estimate of drug-likeness (QED) is 0.674. The summed E-state index contributed by atoms with van der Waals surface area (Å²) in [7, 11) is 4.67. The highest BCUT2D eigenvalue weighted by atomic mass is 16.5. The van der Waals surface area contributed by atoms with Crippen LogP contribution < -0.4 is 14.2 Å². The summed E-state index contributed by atoms with van der Waals surface area (Å²) in [5.74, 6) is 1.91. The molecule has 30 heavy (non-hydrogen) atoms. The summed E-state index contributed by atoms with van der Waals surface area (Å²) < 4.78 is 16.2. The van der Waals surface area contributed by atoms with Crippen molar-refractivity contribution in [2.24, 2.45) is 0 Å². The van der Waals surface area contributed by atoms with E-state index in [9.17, 15) is 4.79 Å². The minimum absolute atomic E-state index is 0.0108. The Balaban J connectivity index is 1.53. The van der Waals surface area contributed by atoms with Gasteiger partial charge in [0.2, 0.25) is 5.75 Å². The summed E-state index contributed by atoms with van der Waals surface area (Å²) in [6.45, 7) is 3.58. The van der Waals surface area contributed by atoms with Crippen LogP contribution in [0.25, 0.3) is 10.9 Å². The monoisotopic (exact) mass is 408 g/mol. The van der Waals surface area contributed by atoms with Crippen LogP contribution in [0, 0.1) is 6.92 Å². The third-order valence-electron chi connectivity index (χ3n) is 6.05. The van der Waals surface area contributed by atoms with Gasteiger partial charge < -0.3 is 24.1 Å². The number of fused-ring (bicyclic) bond motifs is 1. The molecule has 3 aromatic rings. The summed E-state index contributed by atoms with van der Waals surface area (Å²) in [6, 6.07) is 11.9. The van der Waals surface area contributed by atoms with Gasteiger partial charge in [0.15, 0.2) is 11.5 Å². The molecule has 158 valence electrons. The molecule has 0 spiro atoms. The second-order valence-corrected chi connectivity index (χ2v) is 7.69. The van der Waals surface area contributed by atoms with Gasteiger partial charge >= 0.3 is 0 Å². The fraction of sp³-hybridized carbons (Fsp3) is 0.375. The molecule has 6 heteroatoms. The third kappa shape index (κ3) is 3.47. The molecule has 1 aliphatic heterocycles. The average Bonchev–Trinajstić information content (AvgIpc) is 3.13. The number of aromatic nitrogens is 1. The first-order valence-corrected chi connectivity index (χ1v) is 10.2. The van der Waals surface area contributed by atoms with Crippen molar-refractivity contribution < 1.29 is 19.0 Å². The minimum atomic E-state index is -0.0108. The van der Waals surface area contributed by atoms with Crippen LogP contribution in [0.3, 0.4) is 0 Å². The number of carbonyl (C=O) groups excluding carboxylic acids is 1. The number of rotatable bonds is 5. The van der Waals surface area contributed by atoms with Gasteiger partial charge in [0, 0.05) is 35.2 Å². The molecule has 0 unspecified atom stereocenters. The number of nitrogens with zero attached hydrogens (tertiary/aromatic N) is 1. The van der Waals surface area contributed by atoms with E-state index in [-0.39, 0.29) is 5.91 Å². The molecule has 0 radical (unpaired) electrons. The molecule has 0 aliphatic carbocycles. The molecule has 0 saturated carbocycles. The summed E-state index contributed by atoms with van der Waals surface area (Å²) in [5.41, 5.74) is 4.35. The van der Waals surface area contributed by atoms with Gasteiger partial charge in [-0.05, 0) is 49.4 Å². The highest BCUT2D eigenvalue weighted by Gasteiger charge is 2.28. The molecular weight excluding hydrogens is 380 g/mol. The smallest absolute Gasteiger partial charge is 0.254 e. The van der Waals surface area contributed by atoms with Crippen LogP contribution in [-0.4, -0.2) is 50.2 Å². The van der Waals surface area contributed by atoms with Crippen LogP contribution in [0.1, 0.15) is 40.4 Å². The fourth-order valence-corrected chi connectivity index (χ4v) is 4.58. The fourth-order valence-electron chi connectivity index (χ4n) is 4.58. The van der Waals surface area contributed by atoms with Gasteiger partial charge in [-0.15, -0.1) is 0 Å². The number of amides is 1. The number of aryl methyl sites for hydroxylation is 1. The first-order chi connectivity index (χ1) is 14.6. The number of hydrogen-bond donors (Lipinski definition) is 1. The van der Waals surface area contributed by atoms with Crippen molar-refractivity contribution in [1.29, 1.82) is 0 Å². The molecule has 1 amide bonds. The van der Waals surface area contributed by atoms with E-state index in [1.807, 2.05) is 4.90 Å². The Labute approximate surface area is 176 Å². The Morgan fingerprint density at radius 1 is 1.00 bits per heavy atom. The van der Waals surface area contributed by atoms with E-state index in [0.717, 1.165) is 25.9 Å². The zero-order valence-corrected chi connectivity index (χ0v) is 18.0. The van der Waals surface area contributed by atoms with E-state index in [0.29, 0.717) is 28.7 Å². The Morgan fingerprint density at radius 3 is 2.23 bits per heavy atom. The number of para-hydroxylation sites is 1. The van der Waals surface area contributed by atoms with Crippen molar-refractivity contribution in [3.63, 3.8) is 0 Å². The molecule has 2 heterocycles. The predicted molar refractivity (Wildman–Crippen MR) is 117 cm³/mol. The zero-order valence-electron chi connectivity index (χ0n) is 18.0. The van der Waals surface area contributed by atoms with Crippen molar-refractivity contribution in [1.82, 2.24) is 9.88 Å². The Bertz CT molecular complexity index is 1040. The number of H-pyrrole nitrogens is 1. The summed E-state index contributed by atoms with van der Waals surface area (Å²) in [5, 5.41) is 1.30. The predicted octanol–water partition coefficient (Wildman–Crippen LogP) is 4.52. The van der Waals surface area contributed by atoms with Crippen LogP contribution in [0.15, 0.2) is 36.4 Å². The van der Waals surface area contributed by atoms with Gasteiger partial charge in [0.05, 0.1) is 21.3 Å². The maximum Gasteiger partial charge on any atom is 0.254 e. The van der Waals surface area contributed by atoms with Crippen molar-refractivity contribution in [2.45, 2.75) is 25.7 Å². The van der Waals surface area contributed by atoms with Gasteiger partial charge in [-0.2, -0.15) is 0 Å². The van der Waals surface area contributed by atoms with E-state index in [4.69, 9.17) is 14.2 Å². The second kappa shape index (κ2) is 8.30. The average molecular weight is 408 g/mol.